The third kappa shape index (κ3) is 3.93. The van der Waals surface area contributed by atoms with E-state index in [0.29, 0.717) is 18.9 Å². The average Bonchev–Trinajstić information content (AvgIpc) is 2.98. The number of nitrogens with zero attached hydrogens (tertiary/aromatic N) is 3. The van der Waals surface area contributed by atoms with Gasteiger partial charge in [0.1, 0.15) is 0 Å². The molecule has 0 N–H and O–H groups in total. The van der Waals surface area contributed by atoms with Crippen LogP contribution < -0.4 is 4.90 Å². The van der Waals surface area contributed by atoms with Crippen molar-refractivity contribution in [2.75, 3.05) is 44.2 Å². The molecule has 2 aliphatic rings. The zero-order chi connectivity index (χ0) is 18.8. The van der Waals surface area contributed by atoms with Crippen LogP contribution in [0.2, 0.25) is 0 Å². The summed E-state index contributed by atoms with van der Waals surface area (Å²) in [5.41, 5.74) is 3.25. The van der Waals surface area contributed by atoms with Crippen LogP contribution in [0.5, 0.6) is 0 Å². The van der Waals surface area contributed by atoms with E-state index in [-0.39, 0.29) is 17.7 Å². The van der Waals surface area contributed by atoms with Gasteiger partial charge in [0.05, 0.1) is 5.92 Å². The molecule has 5 nitrogen and oxygen atoms in total. The molecule has 26 heavy (non-hydrogen) atoms. The van der Waals surface area contributed by atoms with E-state index in [9.17, 15) is 9.59 Å². The molecule has 2 saturated heterocycles. The molecule has 0 radical (unpaired) electrons. The van der Waals surface area contributed by atoms with Crippen molar-refractivity contribution in [1.82, 2.24) is 9.80 Å². The lowest BCUT2D eigenvalue weighted by Crippen LogP contribution is -2.51. The quantitative estimate of drug-likeness (QED) is 0.831. The van der Waals surface area contributed by atoms with Gasteiger partial charge in [0.2, 0.25) is 11.8 Å². The molecular formula is C21H31N3O2. The lowest BCUT2D eigenvalue weighted by atomic mass is 10.1. The minimum atomic E-state index is -0.209. The van der Waals surface area contributed by atoms with Gasteiger partial charge < -0.3 is 9.80 Å². The highest BCUT2D eigenvalue weighted by molar-refractivity contribution is 6.00. The highest BCUT2D eigenvalue weighted by atomic mass is 16.2. The highest BCUT2D eigenvalue weighted by Gasteiger charge is 2.38. The first-order chi connectivity index (χ1) is 12.4. The second kappa shape index (κ2) is 7.78. The van der Waals surface area contributed by atoms with Crippen LogP contribution in [0.1, 0.15) is 31.4 Å². The van der Waals surface area contributed by atoms with E-state index in [2.05, 4.69) is 31.7 Å². The maximum Gasteiger partial charge on any atom is 0.228 e. The number of anilines is 1. The van der Waals surface area contributed by atoms with Crippen LogP contribution in [0.25, 0.3) is 0 Å². The smallest absolute Gasteiger partial charge is 0.228 e. The monoisotopic (exact) mass is 357 g/mol. The number of hydrogen-bond acceptors (Lipinski definition) is 3. The van der Waals surface area contributed by atoms with Gasteiger partial charge in [-0.2, -0.15) is 0 Å². The maximum absolute atomic E-state index is 12.9. The molecule has 2 heterocycles. The van der Waals surface area contributed by atoms with Crippen LogP contribution in [0.3, 0.4) is 0 Å². The SMILES string of the molecule is Cc1cccc(N2CC(C(=O)N3CCN(CC(C)C)CC3)CC2=O)c1C. The number of rotatable bonds is 4. The standard InChI is InChI=1S/C21H31N3O2/c1-15(2)13-22-8-10-23(11-9-22)21(26)18-12-20(25)24(14-18)19-7-5-6-16(3)17(19)4/h5-7,15,18H,8-14H2,1-4H3. The van der Waals surface area contributed by atoms with Gasteiger partial charge in [-0.1, -0.05) is 26.0 Å². The molecule has 2 aliphatic heterocycles. The van der Waals surface area contributed by atoms with Crippen molar-refractivity contribution in [3.05, 3.63) is 29.3 Å². The van der Waals surface area contributed by atoms with Crippen LogP contribution in [-0.2, 0) is 9.59 Å². The highest BCUT2D eigenvalue weighted by Crippen LogP contribution is 2.30. The predicted molar refractivity (Wildman–Crippen MR) is 104 cm³/mol. The van der Waals surface area contributed by atoms with E-state index in [4.69, 9.17) is 0 Å². The Morgan fingerprint density at radius 2 is 1.85 bits per heavy atom. The molecule has 0 bridgehead atoms. The first-order valence-corrected chi connectivity index (χ1v) is 9.74. The van der Waals surface area contributed by atoms with Crippen LogP contribution >= 0.6 is 0 Å². The van der Waals surface area contributed by atoms with Crippen molar-refractivity contribution >= 4 is 17.5 Å². The van der Waals surface area contributed by atoms with Gasteiger partial charge >= 0.3 is 0 Å². The minimum absolute atomic E-state index is 0.0653. The Balaban J connectivity index is 1.62. The van der Waals surface area contributed by atoms with Crippen molar-refractivity contribution in [1.29, 1.82) is 0 Å². The third-order valence-corrected chi connectivity index (χ3v) is 5.65. The maximum atomic E-state index is 12.9. The average molecular weight is 357 g/mol. The molecular weight excluding hydrogens is 326 g/mol. The largest absolute Gasteiger partial charge is 0.340 e. The minimum Gasteiger partial charge on any atom is -0.340 e. The number of piperazine rings is 1. The molecule has 1 aromatic carbocycles. The number of aryl methyl sites for hydroxylation is 1. The lowest BCUT2D eigenvalue weighted by Gasteiger charge is -2.36. The van der Waals surface area contributed by atoms with E-state index < -0.39 is 0 Å². The first kappa shape index (κ1) is 18.9. The molecule has 142 valence electrons. The molecule has 0 aliphatic carbocycles. The molecule has 0 aromatic heterocycles. The molecule has 3 rings (SSSR count). The van der Waals surface area contributed by atoms with Crippen molar-refractivity contribution in [3.63, 3.8) is 0 Å². The fourth-order valence-corrected chi connectivity index (χ4v) is 4.06. The summed E-state index contributed by atoms with van der Waals surface area (Å²) in [5, 5.41) is 0. The fraction of sp³-hybridized carbons (Fsp3) is 0.619. The Morgan fingerprint density at radius 3 is 2.50 bits per heavy atom. The van der Waals surface area contributed by atoms with Gasteiger partial charge in [-0.15, -0.1) is 0 Å². The second-order valence-corrected chi connectivity index (χ2v) is 8.14. The predicted octanol–water partition coefficient (Wildman–Crippen LogP) is 2.46. The summed E-state index contributed by atoms with van der Waals surface area (Å²) in [4.78, 5) is 31.7. The third-order valence-electron chi connectivity index (χ3n) is 5.65. The van der Waals surface area contributed by atoms with Crippen molar-refractivity contribution in [3.8, 4) is 0 Å². The van der Waals surface area contributed by atoms with Crippen LogP contribution in [0.15, 0.2) is 18.2 Å². The van der Waals surface area contributed by atoms with E-state index in [0.717, 1.165) is 44.0 Å². The number of hydrogen-bond donors (Lipinski definition) is 0. The summed E-state index contributed by atoms with van der Waals surface area (Å²) in [6.07, 6.45) is 0.332. The topological polar surface area (TPSA) is 43.9 Å². The molecule has 2 amide bonds. The zero-order valence-electron chi connectivity index (χ0n) is 16.5. The van der Waals surface area contributed by atoms with Gasteiger partial charge in [-0.25, -0.2) is 0 Å². The van der Waals surface area contributed by atoms with Crippen molar-refractivity contribution < 1.29 is 9.59 Å². The van der Waals surface area contributed by atoms with Crippen LogP contribution in [0.4, 0.5) is 5.69 Å². The second-order valence-electron chi connectivity index (χ2n) is 8.14. The molecule has 0 saturated carbocycles. The Labute approximate surface area is 156 Å². The number of amides is 2. The molecule has 0 spiro atoms. The molecule has 1 atom stereocenters. The molecule has 2 fully saturated rings. The summed E-state index contributed by atoms with van der Waals surface area (Å²) in [5.74, 6) is 0.653. The van der Waals surface area contributed by atoms with Gasteiger partial charge in [0.25, 0.3) is 0 Å². The molecule has 1 unspecified atom stereocenters. The van der Waals surface area contributed by atoms with Crippen LogP contribution in [-0.4, -0.2) is 60.9 Å². The van der Waals surface area contributed by atoms with E-state index in [1.807, 2.05) is 24.0 Å². The van der Waals surface area contributed by atoms with E-state index >= 15 is 0 Å². The first-order valence-electron chi connectivity index (χ1n) is 9.74. The zero-order valence-corrected chi connectivity index (χ0v) is 16.5. The van der Waals surface area contributed by atoms with Crippen molar-refractivity contribution in [2.24, 2.45) is 11.8 Å². The summed E-state index contributed by atoms with van der Waals surface area (Å²) in [6, 6.07) is 6.02. The van der Waals surface area contributed by atoms with Gasteiger partial charge in [-0.3, -0.25) is 14.5 Å². The fourth-order valence-electron chi connectivity index (χ4n) is 4.06. The summed E-state index contributed by atoms with van der Waals surface area (Å²) in [7, 11) is 0. The normalized spacial score (nSPS) is 21.7. The number of carbonyl (C=O) groups excluding carboxylic acids is 2. The van der Waals surface area contributed by atoms with Gasteiger partial charge in [0, 0.05) is 51.4 Å². The Kier molecular flexibility index (Phi) is 5.66. The number of benzene rings is 1. The number of carbonyl (C=O) groups is 2. The van der Waals surface area contributed by atoms with Gasteiger partial charge in [-0.05, 0) is 37.0 Å². The molecule has 5 heteroatoms. The summed E-state index contributed by atoms with van der Waals surface area (Å²) < 4.78 is 0. The Hall–Kier alpha value is -1.88. The van der Waals surface area contributed by atoms with Crippen LogP contribution in [0, 0.1) is 25.7 Å². The Morgan fingerprint density at radius 1 is 1.15 bits per heavy atom. The van der Waals surface area contributed by atoms with Crippen molar-refractivity contribution in [2.45, 2.75) is 34.1 Å². The Bertz CT molecular complexity index is 678. The van der Waals surface area contributed by atoms with E-state index in [1.165, 1.54) is 5.56 Å². The molecule has 1 aromatic rings. The van der Waals surface area contributed by atoms with Gasteiger partial charge in [0.15, 0.2) is 0 Å². The summed E-state index contributed by atoms with van der Waals surface area (Å²) in [6.45, 7) is 13.6. The summed E-state index contributed by atoms with van der Waals surface area (Å²) >= 11 is 0. The lowest BCUT2D eigenvalue weighted by molar-refractivity contribution is -0.137. The van der Waals surface area contributed by atoms with E-state index in [1.54, 1.807) is 4.90 Å².